The Labute approximate surface area is 186 Å². The van der Waals surface area contributed by atoms with Gasteiger partial charge in [-0.1, -0.05) is 26.0 Å². The molecule has 0 saturated heterocycles. The lowest BCUT2D eigenvalue weighted by Gasteiger charge is -2.42. The average molecular weight is 441 g/mol. The van der Waals surface area contributed by atoms with E-state index in [9.17, 15) is 19.2 Å². The van der Waals surface area contributed by atoms with Crippen LogP contribution in [0.5, 0.6) is 0 Å². The summed E-state index contributed by atoms with van der Waals surface area (Å²) in [5.41, 5.74) is -0.192. The number of hydrogen-bond donors (Lipinski definition) is 2. The highest BCUT2D eigenvalue weighted by Gasteiger charge is 2.45. The van der Waals surface area contributed by atoms with Gasteiger partial charge in [0.25, 0.3) is 11.8 Å². The lowest BCUT2D eigenvalue weighted by atomic mass is 9.95. The molecule has 2 N–H and O–H groups in total. The van der Waals surface area contributed by atoms with Gasteiger partial charge in [0.2, 0.25) is 5.91 Å². The van der Waals surface area contributed by atoms with Crippen molar-refractivity contribution in [2.24, 2.45) is 5.92 Å². The van der Waals surface area contributed by atoms with Crippen LogP contribution in [0, 0.1) is 5.92 Å². The lowest BCUT2D eigenvalue weighted by molar-refractivity contribution is -0.157. The summed E-state index contributed by atoms with van der Waals surface area (Å²) >= 11 is 0. The molecule has 1 aliphatic rings. The number of carbonyl (C=O) groups excluding carboxylic acids is 4. The Morgan fingerprint density at radius 2 is 1.78 bits per heavy atom. The van der Waals surface area contributed by atoms with Crippen LogP contribution in [-0.2, 0) is 19.1 Å². The molecular formula is C23H27N3O6. The average Bonchev–Trinajstić information content (AvgIpc) is 3.27. The topological polar surface area (TPSA) is 118 Å². The highest BCUT2D eigenvalue weighted by molar-refractivity contribution is 6.15. The van der Waals surface area contributed by atoms with E-state index in [0.29, 0.717) is 11.4 Å². The van der Waals surface area contributed by atoms with Crippen molar-refractivity contribution in [3.63, 3.8) is 0 Å². The minimum atomic E-state index is -1.20. The van der Waals surface area contributed by atoms with E-state index in [1.807, 2.05) is 0 Å². The molecule has 0 radical (unpaired) electrons. The van der Waals surface area contributed by atoms with Gasteiger partial charge < -0.3 is 19.8 Å². The van der Waals surface area contributed by atoms with Gasteiger partial charge >= 0.3 is 5.97 Å². The zero-order chi connectivity index (χ0) is 23.6. The molecule has 9 nitrogen and oxygen atoms in total. The Hall–Kier alpha value is -3.62. The molecule has 0 fully saturated rings. The fourth-order valence-electron chi connectivity index (χ4n) is 3.44. The maximum atomic E-state index is 13.3. The molecular weight excluding hydrogens is 414 g/mol. The predicted molar refractivity (Wildman–Crippen MR) is 117 cm³/mol. The van der Waals surface area contributed by atoms with Crippen molar-refractivity contribution in [2.45, 2.75) is 52.3 Å². The van der Waals surface area contributed by atoms with Gasteiger partial charge in [-0.25, -0.2) is 4.79 Å². The molecule has 2 unspecified atom stereocenters. The Bertz CT molecular complexity index is 1030. The molecule has 3 rings (SSSR count). The summed E-state index contributed by atoms with van der Waals surface area (Å²) in [7, 11) is 0. The first kappa shape index (κ1) is 23.1. The third-order valence-corrected chi connectivity index (χ3v) is 5.32. The van der Waals surface area contributed by atoms with Crippen LogP contribution in [-0.4, -0.2) is 41.4 Å². The van der Waals surface area contributed by atoms with Crippen molar-refractivity contribution in [1.82, 2.24) is 5.32 Å². The summed E-state index contributed by atoms with van der Waals surface area (Å²) in [6, 6.07) is 8.95. The van der Waals surface area contributed by atoms with Crippen molar-refractivity contribution in [3.8, 4) is 0 Å². The highest BCUT2D eigenvalue weighted by Crippen LogP contribution is 2.37. The van der Waals surface area contributed by atoms with Gasteiger partial charge in [-0.15, -0.1) is 0 Å². The van der Waals surface area contributed by atoms with Gasteiger partial charge in [-0.05, 0) is 51.0 Å². The van der Waals surface area contributed by atoms with Crippen molar-refractivity contribution >= 4 is 35.1 Å². The maximum Gasteiger partial charge on any atom is 0.329 e. The normalized spacial score (nSPS) is 16.6. The van der Waals surface area contributed by atoms with E-state index in [0.717, 1.165) is 0 Å². The Morgan fingerprint density at radius 1 is 1.09 bits per heavy atom. The molecule has 0 bridgehead atoms. The van der Waals surface area contributed by atoms with Crippen molar-refractivity contribution < 1.29 is 28.3 Å². The second-order valence-electron chi connectivity index (χ2n) is 8.46. The summed E-state index contributed by atoms with van der Waals surface area (Å²) in [6.45, 7) is 8.16. The van der Waals surface area contributed by atoms with Gasteiger partial charge in [-0.2, -0.15) is 0 Å². The largest absolute Gasteiger partial charge is 0.459 e. The monoisotopic (exact) mass is 441 g/mol. The minimum absolute atomic E-state index is 0.0604. The number of amides is 3. The molecule has 1 aliphatic heterocycles. The van der Waals surface area contributed by atoms with Crippen LogP contribution < -0.4 is 15.5 Å². The number of para-hydroxylation sites is 2. The number of benzene rings is 1. The number of carbonyl (C=O) groups is 4. The van der Waals surface area contributed by atoms with Gasteiger partial charge in [0.15, 0.2) is 11.9 Å². The molecule has 3 amide bonds. The first-order valence-corrected chi connectivity index (χ1v) is 10.3. The summed E-state index contributed by atoms with van der Waals surface area (Å²) in [5.74, 6) is -2.47. The SMILES string of the molecule is CC(OC(=O)C(NC(=O)c1ccco1)C(C)C)C(=O)N1c2ccccc2NC(=O)C1(C)C. The summed E-state index contributed by atoms with van der Waals surface area (Å²) in [4.78, 5) is 52.4. The van der Waals surface area contributed by atoms with Crippen LogP contribution in [0.1, 0.15) is 45.2 Å². The van der Waals surface area contributed by atoms with E-state index in [1.54, 1.807) is 58.0 Å². The summed E-state index contributed by atoms with van der Waals surface area (Å²) in [6.07, 6.45) is 0.162. The first-order valence-electron chi connectivity index (χ1n) is 10.3. The van der Waals surface area contributed by atoms with Crippen LogP contribution in [0.4, 0.5) is 11.4 Å². The lowest BCUT2D eigenvalue weighted by Crippen LogP contribution is -2.61. The van der Waals surface area contributed by atoms with E-state index in [-0.39, 0.29) is 17.6 Å². The zero-order valence-corrected chi connectivity index (χ0v) is 18.7. The molecule has 0 aliphatic carbocycles. The molecule has 1 aromatic carbocycles. The fourth-order valence-corrected chi connectivity index (χ4v) is 3.44. The third-order valence-electron chi connectivity index (χ3n) is 5.32. The van der Waals surface area contributed by atoms with Crippen LogP contribution in [0.3, 0.4) is 0 Å². The van der Waals surface area contributed by atoms with E-state index >= 15 is 0 Å². The minimum Gasteiger partial charge on any atom is -0.459 e. The standard InChI is InChI=1S/C23H27N3O6/c1-13(2)18(25-19(27)17-11-8-12-31-17)21(29)32-14(3)20(28)26-16-10-7-6-9-15(16)24-22(30)23(26,4)5/h6-14,18H,1-5H3,(H,24,30)(H,25,27). The van der Waals surface area contributed by atoms with Crippen molar-refractivity contribution in [3.05, 3.63) is 48.4 Å². The van der Waals surface area contributed by atoms with Crippen LogP contribution in [0.25, 0.3) is 0 Å². The Kier molecular flexibility index (Phi) is 6.38. The number of nitrogens with zero attached hydrogens (tertiary/aromatic N) is 1. The van der Waals surface area contributed by atoms with Gasteiger partial charge in [0.05, 0.1) is 17.6 Å². The quantitative estimate of drug-likeness (QED) is 0.666. The molecule has 1 aromatic heterocycles. The molecule has 0 spiro atoms. The van der Waals surface area contributed by atoms with E-state index in [2.05, 4.69) is 10.6 Å². The van der Waals surface area contributed by atoms with Crippen LogP contribution in [0.2, 0.25) is 0 Å². The second-order valence-corrected chi connectivity index (χ2v) is 8.46. The Balaban J connectivity index is 1.78. The molecule has 2 atom stereocenters. The second kappa shape index (κ2) is 8.86. The molecule has 170 valence electrons. The molecule has 32 heavy (non-hydrogen) atoms. The number of ether oxygens (including phenoxy) is 1. The van der Waals surface area contributed by atoms with E-state index < -0.39 is 35.5 Å². The number of nitrogens with one attached hydrogen (secondary N) is 2. The fraction of sp³-hybridized carbons (Fsp3) is 0.391. The predicted octanol–water partition coefficient (Wildman–Crippen LogP) is 2.73. The highest BCUT2D eigenvalue weighted by atomic mass is 16.5. The number of anilines is 2. The van der Waals surface area contributed by atoms with Gasteiger partial charge in [-0.3, -0.25) is 19.3 Å². The molecule has 2 aromatic rings. The molecule has 0 saturated carbocycles. The Morgan fingerprint density at radius 3 is 2.41 bits per heavy atom. The number of hydrogen-bond acceptors (Lipinski definition) is 6. The van der Waals surface area contributed by atoms with Crippen molar-refractivity contribution in [1.29, 1.82) is 0 Å². The number of rotatable bonds is 6. The summed E-state index contributed by atoms with van der Waals surface area (Å²) in [5, 5.41) is 5.37. The van der Waals surface area contributed by atoms with Crippen LogP contribution >= 0.6 is 0 Å². The number of esters is 1. The van der Waals surface area contributed by atoms with E-state index in [4.69, 9.17) is 9.15 Å². The zero-order valence-electron chi connectivity index (χ0n) is 18.7. The first-order chi connectivity index (χ1) is 15.0. The van der Waals surface area contributed by atoms with Gasteiger partial charge in [0, 0.05) is 0 Å². The number of furan rings is 1. The smallest absolute Gasteiger partial charge is 0.329 e. The van der Waals surface area contributed by atoms with Crippen LogP contribution in [0.15, 0.2) is 47.1 Å². The number of fused-ring (bicyclic) bond motifs is 1. The summed E-state index contributed by atoms with van der Waals surface area (Å²) < 4.78 is 10.5. The van der Waals surface area contributed by atoms with E-state index in [1.165, 1.54) is 24.2 Å². The van der Waals surface area contributed by atoms with Gasteiger partial charge in [0.1, 0.15) is 11.6 Å². The van der Waals surface area contributed by atoms with Crippen molar-refractivity contribution in [2.75, 3.05) is 10.2 Å². The maximum absolute atomic E-state index is 13.3. The third kappa shape index (κ3) is 4.37. The molecule has 2 heterocycles. The molecule has 9 heteroatoms.